The highest BCUT2D eigenvalue weighted by atomic mass is 79.9. The van der Waals surface area contributed by atoms with Crippen LogP contribution in [0.2, 0.25) is 0 Å². The average Bonchev–Trinajstić information content (AvgIpc) is 2.55. The number of carbonyl (C=O) groups is 1. The number of carbonyl (C=O) groups excluding carboxylic acids is 1. The molecule has 2 aromatic rings. The lowest BCUT2D eigenvalue weighted by atomic mass is 10.2. The van der Waals surface area contributed by atoms with Gasteiger partial charge in [-0.25, -0.2) is 4.79 Å². The van der Waals surface area contributed by atoms with Crippen LogP contribution in [-0.4, -0.2) is 30.3 Å². The largest absolute Gasteiger partial charge is 0.492 e. The summed E-state index contributed by atoms with van der Waals surface area (Å²) in [6.07, 6.45) is 3.98. The number of hydrogen-bond acceptors (Lipinski definition) is 4. The Balaban J connectivity index is 0.000000299. The van der Waals surface area contributed by atoms with Crippen molar-refractivity contribution in [2.24, 2.45) is 0 Å². The third kappa shape index (κ3) is 10.4. The molecule has 0 saturated carbocycles. The number of benzene rings is 1. The van der Waals surface area contributed by atoms with Crippen molar-refractivity contribution in [1.29, 1.82) is 0 Å². The third-order valence-electron chi connectivity index (χ3n) is 2.79. The summed E-state index contributed by atoms with van der Waals surface area (Å²) >= 11 is 3.36. The van der Waals surface area contributed by atoms with Crippen LogP contribution in [0.4, 0.5) is 4.79 Å². The van der Waals surface area contributed by atoms with Gasteiger partial charge in [0.25, 0.3) is 0 Å². The topological polar surface area (TPSA) is 60.5 Å². The lowest BCUT2D eigenvalue weighted by Crippen LogP contribution is -2.30. The predicted molar refractivity (Wildman–Crippen MR) is 103 cm³/mol. The number of hydrogen-bond donors (Lipinski definition) is 1. The van der Waals surface area contributed by atoms with Gasteiger partial charge in [0.15, 0.2) is 0 Å². The molecule has 0 saturated heterocycles. The van der Waals surface area contributed by atoms with Crippen LogP contribution in [0.3, 0.4) is 0 Å². The van der Waals surface area contributed by atoms with Gasteiger partial charge in [-0.05, 0) is 48.3 Å². The normalized spacial score (nSPS) is 10.3. The van der Waals surface area contributed by atoms with Gasteiger partial charge < -0.3 is 14.8 Å². The summed E-state index contributed by atoms with van der Waals surface area (Å²) in [4.78, 5) is 14.5. The number of nitrogens with zero attached hydrogens (tertiary/aromatic N) is 1. The van der Waals surface area contributed by atoms with Gasteiger partial charge in [-0.2, -0.15) is 0 Å². The molecular weight excluding hydrogens is 384 g/mol. The molecule has 5 nitrogen and oxygen atoms in total. The molecule has 1 aromatic heterocycles. The van der Waals surface area contributed by atoms with Gasteiger partial charge in [0.1, 0.15) is 11.4 Å². The van der Waals surface area contributed by atoms with E-state index in [2.05, 4.69) is 38.4 Å². The van der Waals surface area contributed by atoms with E-state index >= 15 is 0 Å². The van der Waals surface area contributed by atoms with Crippen molar-refractivity contribution < 1.29 is 14.3 Å². The van der Waals surface area contributed by atoms with Gasteiger partial charge >= 0.3 is 6.09 Å². The zero-order valence-corrected chi connectivity index (χ0v) is 16.7. The molecule has 1 amide bonds. The van der Waals surface area contributed by atoms with E-state index in [0.717, 1.165) is 16.6 Å². The van der Waals surface area contributed by atoms with Crippen LogP contribution in [0.1, 0.15) is 26.3 Å². The van der Waals surface area contributed by atoms with Gasteiger partial charge in [0, 0.05) is 24.1 Å². The highest BCUT2D eigenvalue weighted by molar-refractivity contribution is 9.10. The fourth-order valence-electron chi connectivity index (χ4n) is 1.73. The van der Waals surface area contributed by atoms with Crippen molar-refractivity contribution in [3.8, 4) is 5.75 Å². The van der Waals surface area contributed by atoms with Gasteiger partial charge in [0.05, 0.1) is 12.8 Å². The predicted octanol–water partition coefficient (Wildman–Crippen LogP) is 4.61. The molecule has 0 aliphatic carbocycles. The molecule has 0 atom stereocenters. The molecule has 25 heavy (non-hydrogen) atoms. The van der Waals surface area contributed by atoms with Gasteiger partial charge in [-0.3, -0.25) is 4.98 Å². The van der Waals surface area contributed by atoms with E-state index in [-0.39, 0.29) is 11.7 Å². The molecule has 0 radical (unpaired) electrons. The quantitative estimate of drug-likeness (QED) is 0.802. The molecule has 1 aromatic carbocycles. The minimum atomic E-state index is -0.389. The molecule has 1 heterocycles. The molecule has 6 heteroatoms. The maximum Gasteiger partial charge on any atom is 0.407 e. The van der Waals surface area contributed by atoms with E-state index in [0.29, 0.717) is 6.61 Å². The number of rotatable bonds is 4. The van der Waals surface area contributed by atoms with Crippen LogP contribution in [0.5, 0.6) is 5.75 Å². The molecule has 0 fully saturated rings. The second-order valence-electron chi connectivity index (χ2n) is 6.17. The Morgan fingerprint density at radius 2 is 1.88 bits per heavy atom. The number of nitrogens with one attached hydrogen (secondary N) is 1. The maximum atomic E-state index is 10.5. The van der Waals surface area contributed by atoms with Crippen LogP contribution in [-0.2, 0) is 11.2 Å². The van der Waals surface area contributed by atoms with Crippen molar-refractivity contribution in [1.82, 2.24) is 10.3 Å². The monoisotopic (exact) mass is 408 g/mol. The molecule has 0 spiro atoms. The summed E-state index contributed by atoms with van der Waals surface area (Å²) in [5, 5.41) is 2.36. The Hall–Kier alpha value is -2.08. The first-order chi connectivity index (χ1) is 11.8. The Morgan fingerprint density at radius 3 is 2.40 bits per heavy atom. The summed E-state index contributed by atoms with van der Waals surface area (Å²) in [6, 6.07) is 12.2. The van der Waals surface area contributed by atoms with Crippen molar-refractivity contribution in [2.45, 2.75) is 32.8 Å². The number of pyridine rings is 1. The smallest absolute Gasteiger partial charge is 0.407 e. The van der Waals surface area contributed by atoms with Crippen LogP contribution in [0.15, 0.2) is 53.3 Å². The lowest BCUT2D eigenvalue weighted by molar-refractivity contribution is 0.0541. The zero-order chi connectivity index (χ0) is 18.7. The summed E-state index contributed by atoms with van der Waals surface area (Å²) in [5.74, 6) is 0.797. The van der Waals surface area contributed by atoms with Gasteiger partial charge in [-0.1, -0.05) is 30.3 Å². The highest BCUT2D eigenvalue weighted by Gasteiger charge is 2.13. The van der Waals surface area contributed by atoms with E-state index in [1.807, 2.05) is 45.0 Å². The molecule has 136 valence electrons. The van der Waals surface area contributed by atoms with E-state index in [1.165, 1.54) is 12.6 Å². The van der Waals surface area contributed by atoms with Crippen LogP contribution >= 0.6 is 15.9 Å². The van der Waals surface area contributed by atoms with E-state index in [4.69, 9.17) is 9.47 Å². The lowest BCUT2D eigenvalue weighted by Gasteiger charge is -2.18. The fourth-order valence-corrected chi connectivity index (χ4v) is 2.08. The molecule has 0 aliphatic rings. The van der Waals surface area contributed by atoms with Gasteiger partial charge in [0.2, 0.25) is 0 Å². The van der Waals surface area contributed by atoms with Crippen molar-refractivity contribution in [3.63, 3.8) is 0 Å². The van der Waals surface area contributed by atoms with E-state index < -0.39 is 0 Å². The number of halogens is 1. The van der Waals surface area contributed by atoms with Gasteiger partial charge in [-0.15, -0.1) is 0 Å². The average molecular weight is 409 g/mol. The Bertz CT molecular complexity index is 643. The summed E-state index contributed by atoms with van der Waals surface area (Å²) < 4.78 is 11.4. The first kappa shape index (κ1) is 21.0. The van der Waals surface area contributed by atoms with E-state index in [9.17, 15) is 4.79 Å². The van der Waals surface area contributed by atoms with Crippen LogP contribution in [0.25, 0.3) is 0 Å². The Morgan fingerprint density at radius 1 is 1.20 bits per heavy atom. The molecule has 0 aliphatic heterocycles. The molecule has 0 unspecified atom stereocenters. The number of ether oxygens (including phenoxy) is 2. The Labute approximate surface area is 157 Å². The fraction of sp³-hybridized carbons (Fsp3) is 0.368. The number of amides is 1. The summed E-state index contributed by atoms with van der Waals surface area (Å²) in [6.45, 7) is 6.13. The van der Waals surface area contributed by atoms with Crippen LogP contribution in [0, 0.1) is 0 Å². The maximum absolute atomic E-state index is 10.5. The van der Waals surface area contributed by atoms with Crippen molar-refractivity contribution in [2.75, 3.05) is 13.7 Å². The highest BCUT2D eigenvalue weighted by Crippen LogP contribution is 2.16. The van der Waals surface area contributed by atoms with Crippen molar-refractivity contribution >= 4 is 22.0 Å². The first-order valence-corrected chi connectivity index (χ1v) is 8.77. The minimum Gasteiger partial charge on any atom is -0.492 e. The SMILES string of the molecule is Brc1cncc(OCCc2ccccc2)c1.CNC(=O)OC(C)(C)C. The summed E-state index contributed by atoms with van der Waals surface area (Å²) in [5.41, 5.74) is 0.894. The standard InChI is InChI=1S/C13H12BrNO.C6H13NO2/c14-12-8-13(10-15-9-12)16-7-6-11-4-2-1-3-5-11;1-6(2,3)9-5(8)7-4/h1-5,8-10H,6-7H2;1-4H3,(H,7,8). The summed E-state index contributed by atoms with van der Waals surface area (Å²) in [7, 11) is 1.54. The molecular formula is C19H25BrN2O3. The molecule has 2 rings (SSSR count). The van der Waals surface area contributed by atoms with E-state index in [1.54, 1.807) is 12.4 Å². The first-order valence-electron chi connectivity index (χ1n) is 7.98. The van der Waals surface area contributed by atoms with Crippen molar-refractivity contribution in [3.05, 3.63) is 58.8 Å². The molecule has 0 bridgehead atoms. The second-order valence-corrected chi connectivity index (χ2v) is 7.09. The Kier molecular flexibility index (Phi) is 8.99. The zero-order valence-electron chi connectivity index (χ0n) is 15.1. The number of alkyl carbamates (subject to hydrolysis) is 1. The third-order valence-corrected chi connectivity index (χ3v) is 3.22. The second kappa shape index (κ2) is 10.7. The minimum absolute atomic E-state index is 0.387. The number of aromatic nitrogens is 1. The van der Waals surface area contributed by atoms with Crippen LogP contribution < -0.4 is 10.1 Å². The molecule has 1 N–H and O–H groups in total.